The van der Waals surface area contributed by atoms with Crippen molar-refractivity contribution in [1.82, 2.24) is 5.48 Å². The molecule has 0 bridgehead atoms. The van der Waals surface area contributed by atoms with Crippen molar-refractivity contribution in [3.05, 3.63) is 0 Å². The molecule has 6 nitrogen and oxygen atoms in total. The fourth-order valence-corrected chi connectivity index (χ4v) is 0.650. The Bertz CT molecular complexity index is 202. The molecule has 0 saturated carbocycles. The largest absolute Gasteiger partial charge is 0.346 e. The minimum Gasteiger partial charge on any atom is -0.323 e. The summed E-state index contributed by atoms with van der Waals surface area (Å²) >= 11 is 0. The Labute approximate surface area is 70.6 Å². The summed E-state index contributed by atoms with van der Waals surface area (Å²) in [6, 6.07) is -0.712. The molecule has 0 radical (unpaired) electrons. The molecule has 2 atom stereocenters. The number of hydroxylamine groups is 1. The first-order valence-electron chi connectivity index (χ1n) is 3.41. The Morgan fingerprint density at radius 2 is 2.33 bits per heavy atom. The third-order valence-corrected chi connectivity index (χ3v) is 1.52. The van der Waals surface area contributed by atoms with E-state index in [2.05, 4.69) is 4.62 Å². The van der Waals surface area contributed by atoms with Gasteiger partial charge in [0, 0.05) is 6.66 Å². The zero-order valence-corrected chi connectivity index (χ0v) is 7.88. The average molecular weight is 196 g/mol. The van der Waals surface area contributed by atoms with Crippen LogP contribution in [0.1, 0.15) is 13.3 Å². The Kier molecular flexibility index (Phi) is 4.41. The van der Waals surface area contributed by atoms with Gasteiger partial charge >= 0.3 is 7.60 Å². The molecule has 0 fully saturated rings. The lowest BCUT2D eigenvalue weighted by molar-refractivity contribution is -0.129. The summed E-state index contributed by atoms with van der Waals surface area (Å²) in [5.74, 6) is -0.603. The van der Waals surface area contributed by atoms with E-state index in [1.165, 1.54) is 0 Å². The van der Waals surface area contributed by atoms with E-state index in [0.717, 1.165) is 6.66 Å². The highest BCUT2D eigenvalue weighted by atomic mass is 31.2. The number of rotatable bonds is 4. The second-order valence-corrected chi connectivity index (χ2v) is 4.16. The third-order valence-electron chi connectivity index (χ3n) is 1.09. The van der Waals surface area contributed by atoms with Crippen LogP contribution in [-0.4, -0.2) is 23.5 Å². The van der Waals surface area contributed by atoms with E-state index in [9.17, 15) is 9.36 Å². The molecule has 0 heterocycles. The van der Waals surface area contributed by atoms with Crippen molar-refractivity contribution < 1.29 is 18.9 Å². The van der Waals surface area contributed by atoms with Crippen LogP contribution in [0, 0.1) is 0 Å². The van der Waals surface area contributed by atoms with Gasteiger partial charge in [0.15, 0.2) is 0 Å². The number of hydrogen-bond acceptors (Lipinski definition) is 4. The van der Waals surface area contributed by atoms with Gasteiger partial charge in [0.25, 0.3) is 5.91 Å². The molecule has 0 saturated heterocycles. The highest BCUT2D eigenvalue weighted by molar-refractivity contribution is 7.51. The van der Waals surface area contributed by atoms with Gasteiger partial charge in [-0.2, -0.15) is 4.62 Å². The molecule has 0 aliphatic heterocycles. The van der Waals surface area contributed by atoms with Crippen LogP contribution >= 0.6 is 7.60 Å². The predicted molar refractivity (Wildman–Crippen MR) is 43.2 cm³/mol. The van der Waals surface area contributed by atoms with Gasteiger partial charge in [-0.15, -0.1) is 0 Å². The van der Waals surface area contributed by atoms with E-state index in [1.807, 2.05) is 0 Å². The van der Waals surface area contributed by atoms with Crippen LogP contribution in [0.5, 0.6) is 0 Å². The zero-order valence-electron chi connectivity index (χ0n) is 6.98. The van der Waals surface area contributed by atoms with Crippen molar-refractivity contribution in [3.63, 3.8) is 0 Å². The summed E-state index contributed by atoms with van der Waals surface area (Å²) in [5.41, 5.74) is 7.08. The van der Waals surface area contributed by atoms with Gasteiger partial charge in [0.2, 0.25) is 0 Å². The molecule has 0 aromatic carbocycles. The Balaban J connectivity index is 3.80. The minimum atomic E-state index is -3.66. The molecule has 0 aromatic heterocycles. The standard InChI is InChI=1S/C5H13N2O4P/c1-3-4(6)5(8)7-11-12(2,9)10/h4H,3,6H2,1-2H3,(H,7,8)(H,9,10)/t4-/m0/s1. The molecule has 1 amide bonds. The number of nitrogens with one attached hydrogen (secondary N) is 1. The van der Waals surface area contributed by atoms with Crippen molar-refractivity contribution >= 4 is 13.5 Å². The third kappa shape index (κ3) is 5.26. The molecule has 7 heteroatoms. The van der Waals surface area contributed by atoms with E-state index in [4.69, 9.17) is 10.6 Å². The van der Waals surface area contributed by atoms with E-state index in [-0.39, 0.29) is 0 Å². The normalized spacial score (nSPS) is 18.0. The summed E-state index contributed by atoms with van der Waals surface area (Å²) in [5, 5.41) is 0. The van der Waals surface area contributed by atoms with Gasteiger partial charge in [-0.1, -0.05) is 6.92 Å². The number of carbonyl (C=O) groups excluding carboxylic acids is 1. The van der Waals surface area contributed by atoms with Gasteiger partial charge in [0.05, 0.1) is 6.04 Å². The quantitative estimate of drug-likeness (QED) is 0.419. The predicted octanol–water partition coefficient (Wildman–Crippen LogP) is -0.413. The fourth-order valence-electron chi connectivity index (χ4n) is 0.391. The number of carbonyl (C=O) groups is 1. The van der Waals surface area contributed by atoms with Crippen LogP contribution < -0.4 is 11.2 Å². The van der Waals surface area contributed by atoms with Gasteiger partial charge in [-0.05, 0) is 6.42 Å². The fraction of sp³-hybridized carbons (Fsp3) is 0.800. The SMILES string of the molecule is CC[C@H](N)C(=O)NOP(C)(=O)O. The maximum Gasteiger partial charge on any atom is 0.346 e. The first-order chi connectivity index (χ1) is 5.37. The molecule has 12 heavy (non-hydrogen) atoms. The lowest BCUT2D eigenvalue weighted by Gasteiger charge is -2.10. The summed E-state index contributed by atoms with van der Waals surface area (Å²) < 4.78 is 14.7. The highest BCUT2D eigenvalue weighted by Gasteiger charge is 2.16. The van der Waals surface area contributed by atoms with E-state index in [1.54, 1.807) is 12.4 Å². The molecule has 0 spiro atoms. The molecule has 4 N–H and O–H groups in total. The second kappa shape index (κ2) is 4.57. The molecule has 0 aromatic rings. The summed E-state index contributed by atoms with van der Waals surface area (Å²) in [6.45, 7) is 2.68. The zero-order chi connectivity index (χ0) is 9.78. The number of hydrogen-bond donors (Lipinski definition) is 3. The minimum absolute atomic E-state index is 0.439. The van der Waals surface area contributed by atoms with Crippen LogP contribution in [0.25, 0.3) is 0 Å². The number of amides is 1. The van der Waals surface area contributed by atoms with Crippen LogP contribution in [0.15, 0.2) is 0 Å². The maximum atomic E-state index is 10.8. The first-order valence-corrected chi connectivity index (χ1v) is 5.43. The smallest absolute Gasteiger partial charge is 0.323 e. The summed E-state index contributed by atoms with van der Waals surface area (Å²) in [4.78, 5) is 19.4. The molecule has 1 unspecified atom stereocenters. The summed E-state index contributed by atoms with van der Waals surface area (Å²) in [6.07, 6.45) is 0.439. The van der Waals surface area contributed by atoms with Crippen LogP contribution in [0.2, 0.25) is 0 Å². The van der Waals surface area contributed by atoms with Gasteiger partial charge in [-0.25, -0.2) is 5.48 Å². The maximum absolute atomic E-state index is 10.8. The first kappa shape index (κ1) is 11.6. The molecule has 0 aliphatic carbocycles. The lowest BCUT2D eigenvalue weighted by Crippen LogP contribution is -2.39. The van der Waals surface area contributed by atoms with Crippen LogP contribution in [0.4, 0.5) is 0 Å². The Morgan fingerprint density at radius 1 is 1.83 bits per heavy atom. The van der Waals surface area contributed by atoms with E-state index in [0.29, 0.717) is 6.42 Å². The lowest BCUT2D eigenvalue weighted by atomic mass is 10.2. The van der Waals surface area contributed by atoms with E-state index < -0.39 is 19.5 Å². The van der Waals surface area contributed by atoms with Crippen LogP contribution in [0.3, 0.4) is 0 Å². The van der Waals surface area contributed by atoms with Gasteiger partial charge in [-0.3, -0.25) is 9.36 Å². The van der Waals surface area contributed by atoms with Crippen molar-refractivity contribution in [1.29, 1.82) is 0 Å². The topological polar surface area (TPSA) is 102 Å². The second-order valence-electron chi connectivity index (χ2n) is 2.38. The van der Waals surface area contributed by atoms with Crippen molar-refractivity contribution in [2.24, 2.45) is 5.73 Å². The van der Waals surface area contributed by atoms with E-state index >= 15 is 0 Å². The van der Waals surface area contributed by atoms with Crippen LogP contribution in [-0.2, 0) is 14.0 Å². The van der Waals surface area contributed by atoms with Crippen molar-refractivity contribution in [2.45, 2.75) is 19.4 Å². The average Bonchev–Trinajstić information content (AvgIpc) is 1.97. The molecule has 0 rings (SSSR count). The Morgan fingerprint density at radius 3 is 2.67 bits per heavy atom. The molecular weight excluding hydrogens is 183 g/mol. The van der Waals surface area contributed by atoms with Crippen molar-refractivity contribution in [3.8, 4) is 0 Å². The molecular formula is C5H13N2O4P. The number of nitrogens with two attached hydrogens (primary N) is 1. The van der Waals surface area contributed by atoms with Gasteiger partial charge in [0.1, 0.15) is 0 Å². The Hall–Kier alpha value is -0.420. The highest BCUT2D eigenvalue weighted by Crippen LogP contribution is 2.34. The van der Waals surface area contributed by atoms with Crippen molar-refractivity contribution in [2.75, 3.05) is 6.66 Å². The molecule has 0 aliphatic rings. The molecule has 72 valence electrons. The summed E-state index contributed by atoms with van der Waals surface area (Å²) in [7, 11) is -3.66. The van der Waals surface area contributed by atoms with Gasteiger partial charge < -0.3 is 10.6 Å². The monoisotopic (exact) mass is 196 g/mol.